The van der Waals surface area contributed by atoms with Crippen molar-refractivity contribution in [3.8, 4) is 11.8 Å². The number of nitrogens with zero attached hydrogens (tertiary/aromatic N) is 1. The average molecular weight is 275 g/mol. The number of rotatable bonds is 3. The summed E-state index contributed by atoms with van der Waals surface area (Å²) in [4.78, 5) is 0. The summed E-state index contributed by atoms with van der Waals surface area (Å²) in [5, 5.41) is 10.4. The maximum atomic E-state index is 9.38. The predicted molar refractivity (Wildman–Crippen MR) is 82.7 cm³/mol. The van der Waals surface area contributed by atoms with Gasteiger partial charge in [-0.15, -0.1) is 0 Å². The van der Waals surface area contributed by atoms with Crippen LogP contribution in [0.15, 0.2) is 59.0 Å². The van der Waals surface area contributed by atoms with Gasteiger partial charge in [-0.3, -0.25) is 0 Å². The SMILES string of the molecule is COc1cccc(C(C#N)=Cc2cc3ccccc3o2)c1. The first kappa shape index (κ1) is 13.0. The normalized spacial score (nSPS) is 11.3. The molecule has 0 spiro atoms. The van der Waals surface area contributed by atoms with Gasteiger partial charge in [0.25, 0.3) is 0 Å². The summed E-state index contributed by atoms with van der Waals surface area (Å²) >= 11 is 0. The van der Waals surface area contributed by atoms with Crippen LogP contribution in [-0.4, -0.2) is 7.11 Å². The van der Waals surface area contributed by atoms with E-state index in [4.69, 9.17) is 9.15 Å². The lowest BCUT2D eigenvalue weighted by Crippen LogP contribution is -1.85. The molecule has 1 heterocycles. The van der Waals surface area contributed by atoms with Crippen molar-refractivity contribution in [3.63, 3.8) is 0 Å². The molecule has 0 saturated heterocycles. The van der Waals surface area contributed by atoms with Gasteiger partial charge in [0, 0.05) is 5.39 Å². The highest BCUT2D eigenvalue weighted by atomic mass is 16.5. The molecule has 0 unspecified atom stereocenters. The van der Waals surface area contributed by atoms with Gasteiger partial charge in [0.15, 0.2) is 0 Å². The third-order valence-electron chi connectivity index (χ3n) is 3.23. The quantitative estimate of drug-likeness (QED) is 0.661. The number of benzene rings is 2. The van der Waals surface area contributed by atoms with Crippen LogP contribution in [0.5, 0.6) is 5.75 Å². The fraction of sp³-hybridized carbons (Fsp3) is 0.0556. The monoisotopic (exact) mass is 275 g/mol. The third kappa shape index (κ3) is 2.65. The van der Waals surface area contributed by atoms with Crippen molar-refractivity contribution in [2.45, 2.75) is 0 Å². The van der Waals surface area contributed by atoms with E-state index in [0.717, 1.165) is 22.3 Å². The first-order valence-electron chi connectivity index (χ1n) is 6.55. The molecule has 0 amide bonds. The van der Waals surface area contributed by atoms with Crippen molar-refractivity contribution < 1.29 is 9.15 Å². The Hall–Kier alpha value is -2.99. The smallest absolute Gasteiger partial charge is 0.134 e. The zero-order valence-electron chi connectivity index (χ0n) is 11.5. The fourth-order valence-electron chi connectivity index (χ4n) is 2.19. The molecule has 0 radical (unpaired) electrons. The Balaban J connectivity index is 2.04. The van der Waals surface area contributed by atoms with Gasteiger partial charge in [-0.1, -0.05) is 30.3 Å². The molecule has 0 aliphatic carbocycles. The summed E-state index contributed by atoms with van der Waals surface area (Å²) in [6.45, 7) is 0. The molecule has 0 N–H and O–H groups in total. The summed E-state index contributed by atoms with van der Waals surface area (Å²) < 4.78 is 10.9. The van der Waals surface area contributed by atoms with Gasteiger partial charge in [-0.05, 0) is 35.9 Å². The van der Waals surface area contributed by atoms with E-state index in [9.17, 15) is 5.26 Å². The number of furan rings is 1. The van der Waals surface area contributed by atoms with Gasteiger partial charge >= 0.3 is 0 Å². The number of ether oxygens (including phenoxy) is 1. The molecule has 2 aromatic carbocycles. The summed E-state index contributed by atoms with van der Waals surface area (Å²) in [5.41, 5.74) is 2.15. The Morgan fingerprint density at radius 2 is 2.00 bits per heavy atom. The number of nitriles is 1. The van der Waals surface area contributed by atoms with Crippen LogP contribution in [0.3, 0.4) is 0 Å². The van der Waals surface area contributed by atoms with Crippen LogP contribution in [0.2, 0.25) is 0 Å². The van der Waals surface area contributed by atoms with Crippen LogP contribution >= 0.6 is 0 Å². The summed E-state index contributed by atoms with van der Waals surface area (Å²) in [7, 11) is 1.61. The van der Waals surface area contributed by atoms with Crippen molar-refractivity contribution in [2.24, 2.45) is 0 Å². The zero-order chi connectivity index (χ0) is 14.7. The highest BCUT2D eigenvalue weighted by molar-refractivity contribution is 5.91. The standard InChI is InChI=1S/C18H13NO2/c1-20-16-7-4-6-13(9-16)15(12-19)11-17-10-14-5-2-3-8-18(14)21-17/h2-11H,1H3. The molecule has 0 aliphatic heterocycles. The molecule has 0 saturated carbocycles. The molecule has 0 aliphatic rings. The molecule has 3 aromatic rings. The Morgan fingerprint density at radius 1 is 1.14 bits per heavy atom. The highest BCUT2D eigenvalue weighted by Gasteiger charge is 2.06. The highest BCUT2D eigenvalue weighted by Crippen LogP contribution is 2.25. The van der Waals surface area contributed by atoms with Crippen molar-refractivity contribution in [3.05, 3.63) is 65.9 Å². The maximum absolute atomic E-state index is 9.38. The van der Waals surface area contributed by atoms with Gasteiger partial charge in [0.05, 0.1) is 18.8 Å². The Bertz CT molecular complexity index is 820. The second-order valence-electron chi connectivity index (χ2n) is 4.59. The number of hydrogen-bond acceptors (Lipinski definition) is 3. The van der Waals surface area contributed by atoms with Crippen LogP contribution in [0.25, 0.3) is 22.6 Å². The fourth-order valence-corrected chi connectivity index (χ4v) is 2.19. The van der Waals surface area contributed by atoms with Crippen molar-refractivity contribution in [1.29, 1.82) is 5.26 Å². The van der Waals surface area contributed by atoms with Gasteiger partial charge < -0.3 is 9.15 Å². The number of para-hydroxylation sites is 1. The van der Waals surface area contributed by atoms with E-state index in [2.05, 4.69) is 6.07 Å². The second kappa shape index (κ2) is 5.56. The molecule has 0 fully saturated rings. The average Bonchev–Trinajstić information content (AvgIpc) is 2.95. The lowest BCUT2D eigenvalue weighted by Gasteiger charge is -2.02. The maximum Gasteiger partial charge on any atom is 0.134 e. The molecule has 102 valence electrons. The molecule has 3 rings (SSSR count). The molecule has 0 bridgehead atoms. The van der Waals surface area contributed by atoms with E-state index < -0.39 is 0 Å². The van der Waals surface area contributed by atoms with Gasteiger partial charge in [-0.2, -0.15) is 5.26 Å². The Morgan fingerprint density at radius 3 is 2.76 bits per heavy atom. The van der Waals surface area contributed by atoms with Gasteiger partial charge in [0.2, 0.25) is 0 Å². The lowest BCUT2D eigenvalue weighted by atomic mass is 10.1. The zero-order valence-corrected chi connectivity index (χ0v) is 11.5. The molecular formula is C18H13NO2. The molecule has 0 atom stereocenters. The topological polar surface area (TPSA) is 46.2 Å². The minimum Gasteiger partial charge on any atom is -0.497 e. The number of fused-ring (bicyclic) bond motifs is 1. The number of allylic oxidation sites excluding steroid dienone is 1. The van der Waals surface area contributed by atoms with E-state index in [-0.39, 0.29) is 0 Å². The second-order valence-corrected chi connectivity index (χ2v) is 4.59. The Labute approximate surface area is 122 Å². The van der Waals surface area contributed by atoms with Crippen LogP contribution < -0.4 is 4.74 Å². The summed E-state index contributed by atoms with van der Waals surface area (Å²) in [6.07, 6.45) is 1.74. The van der Waals surface area contributed by atoms with Crippen molar-refractivity contribution in [1.82, 2.24) is 0 Å². The van der Waals surface area contributed by atoms with E-state index >= 15 is 0 Å². The van der Waals surface area contributed by atoms with E-state index in [1.807, 2.05) is 54.6 Å². The predicted octanol–water partition coefficient (Wildman–Crippen LogP) is 4.51. The lowest BCUT2D eigenvalue weighted by molar-refractivity contribution is 0.414. The van der Waals surface area contributed by atoms with Crippen LogP contribution in [0.1, 0.15) is 11.3 Å². The summed E-state index contributed by atoms with van der Waals surface area (Å²) in [6, 6.07) is 19.3. The molecule has 3 nitrogen and oxygen atoms in total. The van der Waals surface area contributed by atoms with Crippen LogP contribution in [-0.2, 0) is 0 Å². The molecule has 21 heavy (non-hydrogen) atoms. The minimum atomic E-state index is 0.535. The third-order valence-corrected chi connectivity index (χ3v) is 3.23. The first-order valence-corrected chi connectivity index (χ1v) is 6.55. The number of methoxy groups -OCH3 is 1. The van der Waals surface area contributed by atoms with Gasteiger partial charge in [-0.25, -0.2) is 0 Å². The summed E-state index contributed by atoms with van der Waals surface area (Å²) in [5.74, 6) is 1.38. The largest absolute Gasteiger partial charge is 0.497 e. The molecule has 3 heteroatoms. The number of hydrogen-bond donors (Lipinski definition) is 0. The van der Waals surface area contributed by atoms with Crippen LogP contribution in [0.4, 0.5) is 0 Å². The van der Waals surface area contributed by atoms with E-state index in [1.54, 1.807) is 13.2 Å². The van der Waals surface area contributed by atoms with Gasteiger partial charge in [0.1, 0.15) is 17.1 Å². The molecular weight excluding hydrogens is 262 g/mol. The van der Waals surface area contributed by atoms with Crippen molar-refractivity contribution in [2.75, 3.05) is 7.11 Å². The van der Waals surface area contributed by atoms with E-state index in [0.29, 0.717) is 11.3 Å². The minimum absolute atomic E-state index is 0.535. The first-order chi connectivity index (χ1) is 10.3. The van der Waals surface area contributed by atoms with Crippen LogP contribution in [0, 0.1) is 11.3 Å². The van der Waals surface area contributed by atoms with E-state index in [1.165, 1.54) is 0 Å². The molecule has 1 aromatic heterocycles. The Kier molecular flexibility index (Phi) is 3.44. The van der Waals surface area contributed by atoms with Crippen molar-refractivity contribution >= 4 is 22.6 Å².